The molecule has 0 aliphatic carbocycles. The van der Waals surface area contributed by atoms with Gasteiger partial charge < -0.3 is 19.6 Å². The van der Waals surface area contributed by atoms with Gasteiger partial charge in [-0.2, -0.15) is 0 Å². The second-order valence-electron chi connectivity index (χ2n) is 6.84. The Morgan fingerprint density at radius 3 is 2.61 bits per heavy atom. The van der Waals surface area contributed by atoms with E-state index in [0.717, 1.165) is 11.3 Å². The third-order valence-corrected chi connectivity index (χ3v) is 4.99. The SMILES string of the molecule is C[C@H]1CN(c2cc(Cl)ccc2OCC(=O)O)CCN1C(=O)Cc1ccccc1. The topological polar surface area (TPSA) is 70.1 Å². The zero-order valence-electron chi connectivity index (χ0n) is 15.7. The minimum Gasteiger partial charge on any atom is -0.480 e. The van der Waals surface area contributed by atoms with Gasteiger partial charge in [-0.05, 0) is 30.7 Å². The summed E-state index contributed by atoms with van der Waals surface area (Å²) >= 11 is 6.14. The third-order valence-electron chi connectivity index (χ3n) is 4.76. The third kappa shape index (κ3) is 4.95. The fraction of sp³-hybridized carbons (Fsp3) is 0.333. The van der Waals surface area contributed by atoms with Crippen molar-refractivity contribution < 1.29 is 19.4 Å². The quantitative estimate of drug-likeness (QED) is 0.804. The molecule has 1 fully saturated rings. The molecule has 1 atom stereocenters. The zero-order chi connectivity index (χ0) is 20.1. The maximum Gasteiger partial charge on any atom is 0.341 e. The number of rotatable bonds is 6. The highest BCUT2D eigenvalue weighted by Crippen LogP contribution is 2.33. The first-order chi connectivity index (χ1) is 13.4. The Morgan fingerprint density at radius 1 is 1.18 bits per heavy atom. The van der Waals surface area contributed by atoms with Crippen LogP contribution in [0.2, 0.25) is 5.02 Å². The van der Waals surface area contributed by atoms with Crippen LogP contribution in [0.4, 0.5) is 5.69 Å². The van der Waals surface area contributed by atoms with Gasteiger partial charge in [-0.3, -0.25) is 4.79 Å². The summed E-state index contributed by atoms with van der Waals surface area (Å²) in [5.74, 6) is -0.458. The standard InChI is InChI=1S/C21H23ClN2O4/c1-15-13-23(18-12-17(22)7-8-19(18)28-14-21(26)27)9-10-24(15)20(25)11-16-5-3-2-4-6-16/h2-8,12,15H,9-11,13-14H2,1H3,(H,26,27)/t15-/m0/s1. The van der Waals surface area contributed by atoms with Gasteiger partial charge in [0.1, 0.15) is 5.75 Å². The number of benzene rings is 2. The van der Waals surface area contributed by atoms with E-state index in [0.29, 0.717) is 36.8 Å². The van der Waals surface area contributed by atoms with E-state index in [1.165, 1.54) is 0 Å². The summed E-state index contributed by atoms with van der Waals surface area (Å²) in [6.45, 7) is 3.41. The van der Waals surface area contributed by atoms with Gasteiger partial charge >= 0.3 is 5.97 Å². The molecule has 7 heteroatoms. The molecule has 2 aromatic carbocycles. The lowest BCUT2D eigenvalue weighted by Crippen LogP contribution is -2.54. The van der Waals surface area contributed by atoms with Crippen molar-refractivity contribution in [3.8, 4) is 5.75 Å². The molecule has 1 aliphatic heterocycles. The van der Waals surface area contributed by atoms with Crippen LogP contribution in [0.5, 0.6) is 5.75 Å². The van der Waals surface area contributed by atoms with Crippen molar-refractivity contribution in [3.63, 3.8) is 0 Å². The smallest absolute Gasteiger partial charge is 0.341 e. The lowest BCUT2D eigenvalue weighted by molar-refractivity contribution is -0.139. The monoisotopic (exact) mass is 402 g/mol. The Bertz CT molecular complexity index is 844. The molecule has 0 bridgehead atoms. The van der Waals surface area contributed by atoms with Crippen LogP contribution < -0.4 is 9.64 Å². The molecule has 0 radical (unpaired) electrons. The van der Waals surface area contributed by atoms with Crippen molar-refractivity contribution in [3.05, 3.63) is 59.1 Å². The molecule has 2 aromatic rings. The number of carbonyl (C=O) groups excluding carboxylic acids is 1. The van der Waals surface area contributed by atoms with Crippen LogP contribution in [-0.4, -0.2) is 54.2 Å². The average molecular weight is 403 g/mol. The molecule has 1 amide bonds. The average Bonchev–Trinajstić information content (AvgIpc) is 2.67. The van der Waals surface area contributed by atoms with E-state index in [1.807, 2.05) is 42.2 Å². The van der Waals surface area contributed by atoms with Crippen LogP contribution in [0.15, 0.2) is 48.5 Å². The Balaban J connectivity index is 1.69. The number of carbonyl (C=O) groups is 2. The van der Waals surface area contributed by atoms with Gasteiger partial charge in [0, 0.05) is 30.7 Å². The minimum atomic E-state index is -1.04. The summed E-state index contributed by atoms with van der Waals surface area (Å²) in [5.41, 5.74) is 1.75. The molecule has 0 spiro atoms. The second kappa shape index (κ2) is 8.97. The number of carboxylic acid groups (broad SMARTS) is 1. The molecule has 3 rings (SSSR count). The van der Waals surface area contributed by atoms with Crippen LogP contribution in [-0.2, 0) is 16.0 Å². The first-order valence-corrected chi connectivity index (χ1v) is 9.54. The fourth-order valence-electron chi connectivity index (χ4n) is 3.42. The zero-order valence-corrected chi connectivity index (χ0v) is 16.4. The molecule has 1 aliphatic rings. The number of hydrogen-bond acceptors (Lipinski definition) is 4. The van der Waals surface area contributed by atoms with E-state index in [9.17, 15) is 9.59 Å². The number of hydrogen-bond donors (Lipinski definition) is 1. The molecular weight excluding hydrogens is 380 g/mol. The van der Waals surface area contributed by atoms with Crippen molar-refractivity contribution in [1.82, 2.24) is 4.90 Å². The Hall–Kier alpha value is -2.73. The highest BCUT2D eigenvalue weighted by molar-refractivity contribution is 6.30. The number of nitrogens with zero attached hydrogens (tertiary/aromatic N) is 2. The highest BCUT2D eigenvalue weighted by Gasteiger charge is 2.29. The van der Waals surface area contributed by atoms with Crippen molar-refractivity contribution >= 4 is 29.2 Å². The Morgan fingerprint density at radius 2 is 1.93 bits per heavy atom. The number of aliphatic carboxylic acids is 1. The number of ether oxygens (including phenoxy) is 1. The van der Waals surface area contributed by atoms with Crippen LogP contribution in [0.25, 0.3) is 0 Å². The molecule has 148 valence electrons. The summed E-state index contributed by atoms with van der Waals surface area (Å²) in [7, 11) is 0. The van der Waals surface area contributed by atoms with Crippen molar-refractivity contribution in [2.75, 3.05) is 31.1 Å². The van der Waals surface area contributed by atoms with Gasteiger partial charge in [0.25, 0.3) is 0 Å². The Labute approximate surface area is 169 Å². The van der Waals surface area contributed by atoms with E-state index in [1.54, 1.807) is 18.2 Å². The molecule has 6 nitrogen and oxygen atoms in total. The van der Waals surface area contributed by atoms with E-state index in [4.69, 9.17) is 21.4 Å². The van der Waals surface area contributed by atoms with Gasteiger partial charge in [0.2, 0.25) is 5.91 Å². The van der Waals surface area contributed by atoms with E-state index < -0.39 is 12.6 Å². The van der Waals surface area contributed by atoms with E-state index >= 15 is 0 Å². The number of piperazine rings is 1. The molecule has 0 aromatic heterocycles. The molecule has 1 saturated heterocycles. The van der Waals surface area contributed by atoms with Crippen molar-refractivity contribution in [2.24, 2.45) is 0 Å². The normalized spacial score (nSPS) is 16.7. The van der Waals surface area contributed by atoms with Gasteiger partial charge in [-0.1, -0.05) is 41.9 Å². The minimum absolute atomic E-state index is 0.0104. The number of carboxylic acids is 1. The molecule has 0 unspecified atom stereocenters. The highest BCUT2D eigenvalue weighted by atomic mass is 35.5. The summed E-state index contributed by atoms with van der Waals surface area (Å²) in [4.78, 5) is 27.5. The van der Waals surface area contributed by atoms with Crippen LogP contribution in [0.1, 0.15) is 12.5 Å². The van der Waals surface area contributed by atoms with Gasteiger partial charge in [0.05, 0.1) is 12.1 Å². The lowest BCUT2D eigenvalue weighted by Gasteiger charge is -2.41. The Kier molecular flexibility index (Phi) is 6.41. The summed E-state index contributed by atoms with van der Waals surface area (Å²) in [6.07, 6.45) is 0.384. The van der Waals surface area contributed by atoms with Crippen LogP contribution in [0, 0.1) is 0 Å². The molecule has 1 heterocycles. The van der Waals surface area contributed by atoms with Gasteiger partial charge in [-0.15, -0.1) is 0 Å². The number of amides is 1. The predicted molar refractivity (Wildman–Crippen MR) is 108 cm³/mol. The predicted octanol–water partition coefficient (Wildman–Crippen LogP) is 3.08. The first kappa shape index (κ1) is 20.0. The van der Waals surface area contributed by atoms with Crippen LogP contribution in [0.3, 0.4) is 0 Å². The number of anilines is 1. The second-order valence-corrected chi connectivity index (χ2v) is 7.28. The molecule has 28 heavy (non-hydrogen) atoms. The fourth-order valence-corrected chi connectivity index (χ4v) is 3.58. The number of halogens is 1. The van der Waals surface area contributed by atoms with Gasteiger partial charge in [0.15, 0.2) is 6.61 Å². The molecule has 1 N–H and O–H groups in total. The lowest BCUT2D eigenvalue weighted by atomic mass is 10.1. The van der Waals surface area contributed by atoms with Crippen LogP contribution >= 0.6 is 11.6 Å². The first-order valence-electron chi connectivity index (χ1n) is 9.16. The van der Waals surface area contributed by atoms with E-state index in [2.05, 4.69) is 4.90 Å². The maximum absolute atomic E-state index is 12.7. The van der Waals surface area contributed by atoms with Crippen molar-refractivity contribution in [1.29, 1.82) is 0 Å². The summed E-state index contributed by atoms with van der Waals surface area (Å²) in [6, 6.07) is 14.8. The summed E-state index contributed by atoms with van der Waals surface area (Å²) < 4.78 is 5.41. The van der Waals surface area contributed by atoms with Gasteiger partial charge in [-0.25, -0.2) is 4.79 Å². The molecule has 0 saturated carbocycles. The van der Waals surface area contributed by atoms with E-state index in [-0.39, 0.29) is 11.9 Å². The largest absolute Gasteiger partial charge is 0.480 e. The van der Waals surface area contributed by atoms with Crippen molar-refractivity contribution in [2.45, 2.75) is 19.4 Å². The maximum atomic E-state index is 12.7. The summed E-state index contributed by atoms with van der Waals surface area (Å²) in [5, 5.41) is 9.43. The molecular formula is C21H23ClN2O4.